The number of carbonyl (C=O) groups excluding carboxylic acids is 1. The van der Waals surface area contributed by atoms with Gasteiger partial charge in [0.15, 0.2) is 5.96 Å². The Kier molecular flexibility index (Phi) is 3.46. The summed E-state index contributed by atoms with van der Waals surface area (Å²) in [4.78, 5) is 16.9. The van der Waals surface area contributed by atoms with Gasteiger partial charge in [-0.2, -0.15) is 4.99 Å². The van der Waals surface area contributed by atoms with Crippen molar-refractivity contribution in [3.05, 3.63) is 0 Å². The Labute approximate surface area is 84.1 Å². The maximum Gasteiger partial charge on any atom is 0.263 e. The van der Waals surface area contributed by atoms with Gasteiger partial charge in [-0.05, 0) is 26.7 Å². The number of guanidine groups is 1. The second-order valence-corrected chi connectivity index (χ2v) is 3.88. The van der Waals surface area contributed by atoms with Crippen LogP contribution < -0.4 is 11.5 Å². The molecule has 0 bridgehead atoms. The van der Waals surface area contributed by atoms with Gasteiger partial charge in [0, 0.05) is 12.1 Å². The van der Waals surface area contributed by atoms with Crippen LogP contribution in [0.4, 0.5) is 0 Å². The maximum absolute atomic E-state index is 11.3. The van der Waals surface area contributed by atoms with E-state index < -0.39 is 0 Å². The molecule has 0 radical (unpaired) electrons. The highest BCUT2D eigenvalue weighted by Crippen LogP contribution is 2.22. The lowest BCUT2D eigenvalue weighted by atomic mass is 10.2. The van der Waals surface area contributed by atoms with Crippen LogP contribution in [0.1, 0.15) is 26.7 Å². The maximum atomic E-state index is 11.3. The number of nitrogens with zero attached hydrogens (tertiary/aromatic N) is 2. The molecule has 1 aliphatic heterocycles. The fraction of sp³-hybridized carbons (Fsp3) is 0.778. The normalized spacial score (nSPS) is 27.6. The van der Waals surface area contributed by atoms with Crippen molar-refractivity contribution in [3.8, 4) is 0 Å². The average molecular weight is 198 g/mol. The topological polar surface area (TPSA) is 84.7 Å². The molecule has 0 unspecified atom stereocenters. The fourth-order valence-electron chi connectivity index (χ4n) is 1.90. The minimum absolute atomic E-state index is 0.158. The zero-order valence-corrected chi connectivity index (χ0v) is 8.73. The molecule has 0 saturated carbocycles. The van der Waals surface area contributed by atoms with Gasteiger partial charge in [0.05, 0.1) is 6.54 Å². The summed E-state index contributed by atoms with van der Waals surface area (Å²) in [5, 5.41) is 0. The highest BCUT2D eigenvalue weighted by Gasteiger charge is 2.28. The number of aliphatic imine (C=N–C) groups is 1. The Morgan fingerprint density at radius 2 is 1.86 bits per heavy atom. The van der Waals surface area contributed by atoms with Gasteiger partial charge >= 0.3 is 0 Å². The van der Waals surface area contributed by atoms with E-state index in [1.165, 1.54) is 0 Å². The van der Waals surface area contributed by atoms with Crippen molar-refractivity contribution in [1.29, 1.82) is 0 Å². The highest BCUT2D eigenvalue weighted by molar-refractivity contribution is 5.92. The zero-order valence-electron chi connectivity index (χ0n) is 8.73. The van der Waals surface area contributed by atoms with Gasteiger partial charge in [-0.25, -0.2) is 0 Å². The van der Waals surface area contributed by atoms with E-state index >= 15 is 0 Å². The largest absolute Gasteiger partial charge is 0.370 e. The first-order valence-corrected chi connectivity index (χ1v) is 4.89. The molecule has 5 heteroatoms. The third-order valence-corrected chi connectivity index (χ3v) is 2.71. The molecule has 4 N–H and O–H groups in total. The van der Waals surface area contributed by atoms with E-state index in [-0.39, 0.29) is 11.9 Å². The summed E-state index contributed by atoms with van der Waals surface area (Å²) >= 11 is 0. The summed E-state index contributed by atoms with van der Waals surface area (Å²) in [6, 6.07) is 0.895. The van der Waals surface area contributed by atoms with Crippen LogP contribution in [-0.4, -0.2) is 35.4 Å². The Bertz CT molecular complexity index is 237. The summed E-state index contributed by atoms with van der Waals surface area (Å²) in [5.41, 5.74) is 10.3. The van der Waals surface area contributed by atoms with E-state index in [1.807, 2.05) is 0 Å². The van der Waals surface area contributed by atoms with Crippen LogP contribution in [0.25, 0.3) is 0 Å². The van der Waals surface area contributed by atoms with Gasteiger partial charge < -0.3 is 11.5 Å². The van der Waals surface area contributed by atoms with Crippen molar-refractivity contribution in [2.24, 2.45) is 16.5 Å². The van der Waals surface area contributed by atoms with E-state index in [2.05, 4.69) is 23.7 Å². The molecule has 1 amide bonds. The highest BCUT2D eigenvalue weighted by atomic mass is 16.1. The van der Waals surface area contributed by atoms with Crippen LogP contribution in [0.5, 0.6) is 0 Å². The van der Waals surface area contributed by atoms with Crippen molar-refractivity contribution in [2.45, 2.75) is 38.8 Å². The molecular weight excluding hydrogens is 180 g/mol. The van der Waals surface area contributed by atoms with E-state index in [1.54, 1.807) is 0 Å². The van der Waals surface area contributed by atoms with Crippen LogP contribution >= 0.6 is 0 Å². The van der Waals surface area contributed by atoms with E-state index in [9.17, 15) is 4.79 Å². The van der Waals surface area contributed by atoms with Crippen LogP contribution in [0.3, 0.4) is 0 Å². The van der Waals surface area contributed by atoms with Crippen LogP contribution in [-0.2, 0) is 4.79 Å². The van der Waals surface area contributed by atoms with Crippen molar-refractivity contribution in [2.75, 3.05) is 6.54 Å². The Hall–Kier alpha value is -1.10. The standard InChI is InChI=1S/C9H18N4O/c1-6-3-4-7(2)13(6)5-8(14)12-9(10)11/h6-7H,3-5H2,1-2H3,(H4,10,11,12,14)/t6-,7-/m1/s1. The van der Waals surface area contributed by atoms with Crippen molar-refractivity contribution in [3.63, 3.8) is 0 Å². The lowest BCUT2D eigenvalue weighted by Crippen LogP contribution is -2.37. The molecule has 1 saturated heterocycles. The third-order valence-electron chi connectivity index (χ3n) is 2.71. The average Bonchev–Trinajstić information content (AvgIpc) is 2.34. The van der Waals surface area contributed by atoms with Crippen LogP contribution in [0.15, 0.2) is 4.99 Å². The van der Waals surface area contributed by atoms with Gasteiger partial charge in [0.1, 0.15) is 0 Å². The number of amides is 1. The van der Waals surface area contributed by atoms with Crippen LogP contribution in [0, 0.1) is 0 Å². The van der Waals surface area contributed by atoms with Crippen molar-refractivity contribution in [1.82, 2.24) is 4.90 Å². The summed E-state index contributed by atoms with van der Waals surface area (Å²) in [6.07, 6.45) is 2.27. The first-order valence-electron chi connectivity index (χ1n) is 4.89. The summed E-state index contributed by atoms with van der Waals surface area (Å²) in [5.74, 6) is -0.417. The number of hydrogen-bond acceptors (Lipinski definition) is 2. The monoisotopic (exact) mass is 198 g/mol. The molecular formula is C9H18N4O. The molecule has 5 nitrogen and oxygen atoms in total. The predicted molar refractivity (Wildman–Crippen MR) is 55.7 cm³/mol. The quantitative estimate of drug-likeness (QED) is 0.469. The second-order valence-electron chi connectivity index (χ2n) is 3.88. The Balaban J connectivity index is 2.51. The predicted octanol–water partition coefficient (Wildman–Crippen LogP) is -0.341. The fourth-order valence-corrected chi connectivity index (χ4v) is 1.90. The van der Waals surface area contributed by atoms with E-state index in [0.717, 1.165) is 12.8 Å². The summed E-state index contributed by atoms with van der Waals surface area (Å²) < 4.78 is 0. The molecule has 1 heterocycles. The number of carbonyl (C=O) groups is 1. The van der Waals surface area contributed by atoms with Crippen molar-refractivity contribution >= 4 is 11.9 Å². The molecule has 0 spiro atoms. The van der Waals surface area contributed by atoms with Gasteiger partial charge in [0.25, 0.3) is 5.91 Å². The number of nitrogens with two attached hydrogens (primary N) is 2. The number of likely N-dealkylation sites (tertiary alicyclic amines) is 1. The smallest absolute Gasteiger partial charge is 0.263 e. The van der Waals surface area contributed by atoms with Gasteiger partial charge in [-0.15, -0.1) is 0 Å². The number of hydrogen-bond donors (Lipinski definition) is 2. The molecule has 0 aliphatic carbocycles. The van der Waals surface area contributed by atoms with E-state index in [4.69, 9.17) is 11.5 Å². The Morgan fingerprint density at radius 3 is 2.29 bits per heavy atom. The minimum Gasteiger partial charge on any atom is -0.370 e. The molecule has 1 rings (SSSR count). The van der Waals surface area contributed by atoms with Gasteiger partial charge in [-0.1, -0.05) is 0 Å². The lowest BCUT2D eigenvalue weighted by Gasteiger charge is -2.23. The molecule has 1 aliphatic rings. The molecule has 0 aromatic heterocycles. The first-order chi connectivity index (χ1) is 6.50. The third kappa shape index (κ3) is 2.70. The van der Waals surface area contributed by atoms with Gasteiger partial charge in [0.2, 0.25) is 0 Å². The summed E-state index contributed by atoms with van der Waals surface area (Å²) in [6.45, 7) is 4.55. The molecule has 80 valence electrons. The van der Waals surface area contributed by atoms with Gasteiger partial charge in [-0.3, -0.25) is 9.69 Å². The SMILES string of the molecule is C[C@@H]1CC[C@@H](C)N1CC(=O)N=C(N)N. The number of rotatable bonds is 2. The van der Waals surface area contributed by atoms with Crippen LogP contribution in [0.2, 0.25) is 0 Å². The molecule has 2 atom stereocenters. The van der Waals surface area contributed by atoms with Crippen molar-refractivity contribution < 1.29 is 4.79 Å². The molecule has 14 heavy (non-hydrogen) atoms. The molecule has 1 fully saturated rings. The molecule has 0 aromatic carbocycles. The summed E-state index contributed by atoms with van der Waals surface area (Å²) in [7, 11) is 0. The first kappa shape index (κ1) is 11.0. The zero-order chi connectivity index (χ0) is 10.7. The molecule has 0 aromatic rings. The minimum atomic E-state index is -0.259. The van der Waals surface area contributed by atoms with E-state index in [0.29, 0.717) is 18.6 Å². The Morgan fingerprint density at radius 1 is 1.36 bits per heavy atom. The second kappa shape index (κ2) is 4.41. The lowest BCUT2D eigenvalue weighted by molar-refractivity contribution is -0.119.